The van der Waals surface area contributed by atoms with Gasteiger partial charge in [0.1, 0.15) is 18.0 Å². The number of amides is 1. The summed E-state index contributed by atoms with van der Waals surface area (Å²) >= 11 is 1.66. The molecule has 1 fully saturated rings. The second-order valence-corrected chi connectivity index (χ2v) is 11.4. The predicted molar refractivity (Wildman–Crippen MR) is 143 cm³/mol. The van der Waals surface area contributed by atoms with Gasteiger partial charge in [-0.1, -0.05) is 12.1 Å². The van der Waals surface area contributed by atoms with Crippen molar-refractivity contribution in [1.29, 1.82) is 0 Å². The Labute approximate surface area is 226 Å². The van der Waals surface area contributed by atoms with Crippen LogP contribution < -0.4 is 4.74 Å². The van der Waals surface area contributed by atoms with Crippen molar-refractivity contribution >= 4 is 29.5 Å². The lowest BCUT2D eigenvalue weighted by Crippen LogP contribution is -2.44. The van der Waals surface area contributed by atoms with E-state index in [1.165, 1.54) is 29.2 Å². The Bertz CT molecular complexity index is 1100. The van der Waals surface area contributed by atoms with E-state index < -0.39 is 34.7 Å². The number of benzene rings is 2. The number of methoxy groups -OCH3 is 1. The number of thioether (sulfide) groups is 1. The van der Waals surface area contributed by atoms with E-state index in [0.717, 1.165) is 11.3 Å². The molecule has 3 rings (SSSR count). The van der Waals surface area contributed by atoms with Crippen LogP contribution in [0.3, 0.4) is 0 Å². The van der Waals surface area contributed by atoms with Crippen molar-refractivity contribution in [2.75, 3.05) is 13.7 Å². The molecule has 1 unspecified atom stereocenters. The summed E-state index contributed by atoms with van der Waals surface area (Å²) < 4.78 is 16.0. The summed E-state index contributed by atoms with van der Waals surface area (Å²) in [6.07, 6.45) is -1.51. The Hall–Kier alpha value is -3.31. The van der Waals surface area contributed by atoms with E-state index in [-0.39, 0.29) is 24.0 Å². The van der Waals surface area contributed by atoms with E-state index in [1.807, 2.05) is 24.3 Å². The molecule has 1 aliphatic heterocycles. The van der Waals surface area contributed by atoms with Gasteiger partial charge in [-0.25, -0.2) is 4.79 Å². The van der Waals surface area contributed by atoms with Crippen molar-refractivity contribution in [3.8, 4) is 5.75 Å². The lowest BCUT2D eigenvalue weighted by atomic mass is 10.1. The number of non-ortho nitro benzene ring substituents is 1. The van der Waals surface area contributed by atoms with Gasteiger partial charge in [0.2, 0.25) is 0 Å². The van der Waals surface area contributed by atoms with Crippen LogP contribution in [-0.4, -0.2) is 63.6 Å². The monoisotopic (exact) mass is 546 g/mol. The first-order valence-electron chi connectivity index (χ1n) is 12.3. The summed E-state index contributed by atoms with van der Waals surface area (Å²) in [5, 5.41) is 21.8. The fraction of sp³-hybridized carbons (Fsp3) is 0.481. The van der Waals surface area contributed by atoms with Crippen molar-refractivity contribution in [2.45, 2.75) is 69.0 Å². The quantitative estimate of drug-likeness (QED) is 0.256. The Morgan fingerprint density at radius 3 is 2.34 bits per heavy atom. The number of likely N-dealkylation sites (tertiary alicyclic amines) is 1. The fourth-order valence-corrected chi connectivity index (χ4v) is 5.31. The van der Waals surface area contributed by atoms with Gasteiger partial charge in [0.05, 0.1) is 30.6 Å². The molecule has 1 N–H and O–H groups in total. The molecule has 206 valence electrons. The fourth-order valence-electron chi connectivity index (χ4n) is 4.09. The maximum atomic E-state index is 13.1. The molecule has 2 aromatic carbocycles. The third-order valence-corrected chi connectivity index (χ3v) is 7.25. The Morgan fingerprint density at radius 1 is 1.13 bits per heavy atom. The molecule has 0 spiro atoms. The Morgan fingerprint density at radius 2 is 1.76 bits per heavy atom. The smallest absolute Gasteiger partial charge is 0.410 e. The molecule has 10 nitrogen and oxygen atoms in total. The molecule has 0 aromatic heterocycles. The van der Waals surface area contributed by atoms with E-state index >= 15 is 0 Å². The number of nitro benzene ring substituents is 1. The minimum Gasteiger partial charge on any atom is -0.497 e. The highest BCUT2D eigenvalue weighted by Crippen LogP contribution is 2.33. The number of carbonyl (C=O) groups is 2. The molecule has 2 aromatic rings. The van der Waals surface area contributed by atoms with Gasteiger partial charge in [-0.05, 0) is 62.6 Å². The van der Waals surface area contributed by atoms with Crippen molar-refractivity contribution in [3.05, 3.63) is 69.8 Å². The number of aliphatic hydroxyl groups is 1. The van der Waals surface area contributed by atoms with Crippen LogP contribution >= 0.6 is 11.8 Å². The summed E-state index contributed by atoms with van der Waals surface area (Å²) in [5.74, 6) is 0.931. The first kappa shape index (κ1) is 29.2. The summed E-state index contributed by atoms with van der Waals surface area (Å²) in [7, 11) is 1.61. The Kier molecular flexibility index (Phi) is 9.98. The van der Waals surface area contributed by atoms with E-state index in [1.54, 1.807) is 39.6 Å². The number of hydrogen-bond acceptors (Lipinski definition) is 9. The van der Waals surface area contributed by atoms with Crippen molar-refractivity contribution in [1.82, 2.24) is 4.90 Å². The number of nitro groups is 1. The van der Waals surface area contributed by atoms with Crippen LogP contribution in [0.4, 0.5) is 10.5 Å². The highest BCUT2D eigenvalue weighted by atomic mass is 32.2. The maximum absolute atomic E-state index is 13.1. The average molecular weight is 547 g/mol. The van der Waals surface area contributed by atoms with E-state index in [4.69, 9.17) is 14.2 Å². The standard InChI is InChI=1S/C27H34N2O8S/c1-27(2,3)37-25(31)14-24(30)23-13-22(38-17-19-7-11-21(35-4)12-8-19)15-28(23)26(32)36-16-18-5-9-20(10-6-18)29(33)34/h5-12,22-24,30H,13-17H2,1-4H3/t22-,23-,24?/m0/s1. The largest absolute Gasteiger partial charge is 0.497 e. The molecule has 1 aliphatic rings. The van der Waals surface area contributed by atoms with Crippen LogP contribution in [0, 0.1) is 10.1 Å². The van der Waals surface area contributed by atoms with Crippen molar-refractivity contribution in [3.63, 3.8) is 0 Å². The Balaban J connectivity index is 1.65. The predicted octanol–water partition coefficient (Wildman–Crippen LogP) is 4.71. The normalized spacial score (nSPS) is 18.1. The van der Waals surface area contributed by atoms with Crippen LogP contribution in [-0.2, 0) is 26.6 Å². The third-order valence-electron chi connectivity index (χ3n) is 5.93. The van der Waals surface area contributed by atoms with Crippen LogP contribution in [0.1, 0.15) is 44.7 Å². The van der Waals surface area contributed by atoms with E-state index in [2.05, 4.69) is 0 Å². The number of carbonyl (C=O) groups excluding carboxylic acids is 2. The van der Waals surface area contributed by atoms with Crippen molar-refractivity contribution < 1.29 is 33.8 Å². The van der Waals surface area contributed by atoms with Crippen LogP contribution in [0.2, 0.25) is 0 Å². The number of ether oxygens (including phenoxy) is 3. The molecule has 0 radical (unpaired) electrons. The number of aliphatic hydroxyl groups excluding tert-OH is 1. The number of esters is 1. The second-order valence-electron chi connectivity index (χ2n) is 10.1. The van der Waals surface area contributed by atoms with Crippen LogP contribution in [0.25, 0.3) is 0 Å². The molecule has 0 aliphatic carbocycles. The highest BCUT2D eigenvalue weighted by Gasteiger charge is 2.41. The van der Waals surface area contributed by atoms with Gasteiger partial charge in [0.15, 0.2) is 0 Å². The SMILES string of the molecule is COc1ccc(CS[C@H]2C[C@@H](C(O)CC(=O)OC(C)(C)C)N(C(=O)OCc3ccc([N+](=O)[O-])cc3)C2)cc1. The van der Waals surface area contributed by atoms with Gasteiger partial charge in [-0.3, -0.25) is 14.9 Å². The highest BCUT2D eigenvalue weighted by molar-refractivity contribution is 7.99. The molecular weight excluding hydrogens is 512 g/mol. The summed E-state index contributed by atoms with van der Waals surface area (Å²) in [6.45, 7) is 5.52. The van der Waals surface area contributed by atoms with Crippen LogP contribution in [0.15, 0.2) is 48.5 Å². The van der Waals surface area contributed by atoms with E-state index in [9.17, 15) is 24.8 Å². The lowest BCUT2D eigenvalue weighted by molar-refractivity contribution is -0.384. The van der Waals surface area contributed by atoms with Crippen LogP contribution in [0.5, 0.6) is 5.75 Å². The molecule has 11 heteroatoms. The third kappa shape index (κ3) is 8.63. The topological polar surface area (TPSA) is 128 Å². The number of hydrogen-bond donors (Lipinski definition) is 1. The zero-order valence-electron chi connectivity index (χ0n) is 22.0. The lowest BCUT2D eigenvalue weighted by Gasteiger charge is -2.28. The minimum atomic E-state index is -1.12. The second kappa shape index (κ2) is 13.0. The van der Waals surface area contributed by atoms with Gasteiger partial charge in [0, 0.05) is 29.7 Å². The molecule has 0 saturated carbocycles. The first-order valence-corrected chi connectivity index (χ1v) is 13.3. The van der Waals surface area contributed by atoms with Gasteiger partial charge in [-0.15, -0.1) is 0 Å². The summed E-state index contributed by atoms with van der Waals surface area (Å²) in [6, 6.07) is 12.9. The molecule has 1 saturated heterocycles. The molecule has 3 atom stereocenters. The summed E-state index contributed by atoms with van der Waals surface area (Å²) in [4.78, 5) is 37.2. The number of rotatable bonds is 10. The molecule has 0 bridgehead atoms. The van der Waals surface area contributed by atoms with Gasteiger partial charge >= 0.3 is 12.1 Å². The summed E-state index contributed by atoms with van der Waals surface area (Å²) in [5.41, 5.74) is 0.953. The maximum Gasteiger partial charge on any atom is 0.410 e. The van der Waals surface area contributed by atoms with E-state index in [0.29, 0.717) is 24.3 Å². The van der Waals surface area contributed by atoms with Gasteiger partial charge in [-0.2, -0.15) is 11.8 Å². The molecule has 1 heterocycles. The van der Waals surface area contributed by atoms with Gasteiger partial charge in [0.25, 0.3) is 5.69 Å². The van der Waals surface area contributed by atoms with Crippen molar-refractivity contribution in [2.24, 2.45) is 0 Å². The molecule has 1 amide bonds. The molecular formula is C27H34N2O8S. The average Bonchev–Trinajstić information content (AvgIpc) is 3.30. The first-order chi connectivity index (χ1) is 17.9. The molecule has 38 heavy (non-hydrogen) atoms. The number of nitrogens with zero attached hydrogens (tertiary/aromatic N) is 2. The zero-order valence-corrected chi connectivity index (χ0v) is 22.8. The van der Waals surface area contributed by atoms with Gasteiger partial charge < -0.3 is 24.2 Å². The minimum absolute atomic E-state index is 0.0160. The zero-order chi connectivity index (χ0) is 27.9.